The smallest absolute Gasteiger partial charge is 0.0628 e. The van der Waals surface area contributed by atoms with E-state index in [1.54, 1.807) is 0 Å². The molecule has 0 radical (unpaired) electrons. The zero-order valence-electron chi connectivity index (χ0n) is 12.1. The van der Waals surface area contributed by atoms with Crippen LogP contribution < -0.4 is 0 Å². The van der Waals surface area contributed by atoms with Gasteiger partial charge in [-0.3, -0.25) is 4.90 Å². The Morgan fingerprint density at radius 3 is 2.74 bits per heavy atom. The van der Waals surface area contributed by atoms with Crippen molar-refractivity contribution < 1.29 is 5.11 Å². The van der Waals surface area contributed by atoms with Crippen molar-refractivity contribution in [1.29, 1.82) is 0 Å². The Labute approximate surface area is 117 Å². The maximum atomic E-state index is 9.79. The zero-order valence-corrected chi connectivity index (χ0v) is 12.1. The van der Waals surface area contributed by atoms with Crippen LogP contribution in [0.4, 0.5) is 0 Å². The van der Waals surface area contributed by atoms with Gasteiger partial charge in [-0.1, -0.05) is 56.5 Å². The Bertz CT molecular complexity index is 352. The molecule has 19 heavy (non-hydrogen) atoms. The maximum absolute atomic E-state index is 9.79. The monoisotopic (exact) mass is 261 g/mol. The van der Waals surface area contributed by atoms with E-state index in [0.717, 1.165) is 6.54 Å². The molecular formula is C17H27NO. The van der Waals surface area contributed by atoms with E-state index in [0.29, 0.717) is 6.04 Å². The van der Waals surface area contributed by atoms with E-state index < -0.39 is 0 Å². The van der Waals surface area contributed by atoms with E-state index in [9.17, 15) is 5.11 Å². The molecule has 1 fully saturated rings. The Morgan fingerprint density at radius 2 is 2.05 bits per heavy atom. The van der Waals surface area contributed by atoms with Crippen molar-refractivity contribution in [3.05, 3.63) is 35.9 Å². The van der Waals surface area contributed by atoms with Crippen LogP contribution >= 0.6 is 0 Å². The van der Waals surface area contributed by atoms with Gasteiger partial charge in [-0.05, 0) is 31.4 Å². The Morgan fingerprint density at radius 1 is 1.26 bits per heavy atom. The van der Waals surface area contributed by atoms with Gasteiger partial charge in [-0.15, -0.1) is 0 Å². The molecule has 2 atom stereocenters. The number of hydrogen-bond acceptors (Lipinski definition) is 2. The van der Waals surface area contributed by atoms with Crippen LogP contribution in [0.1, 0.15) is 57.1 Å². The van der Waals surface area contributed by atoms with E-state index in [-0.39, 0.29) is 12.6 Å². The van der Waals surface area contributed by atoms with Crippen LogP contribution in [0.2, 0.25) is 0 Å². The summed E-state index contributed by atoms with van der Waals surface area (Å²) < 4.78 is 0. The van der Waals surface area contributed by atoms with Crippen LogP contribution in [0.3, 0.4) is 0 Å². The van der Waals surface area contributed by atoms with Gasteiger partial charge in [-0.25, -0.2) is 0 Å². The lowest BCUT2D eigenvalue weighted by molar-refractivity contribution is 0.107. The molecule has 1 saturated heterocycles. The second-order valence-electron chi connectivity index (χ2n) is 5.64. The van der Waals surface area contributed by atoms with Gasteiger partial charge >= 0.3 is 0 Å². The van der Waals surface area contributed by atoms with Gasteiger partial charge < -0.3 is 5.11 Å². The summed E-state index contributed by atoms with van der Waals surface area (Å²) in [6.07, 6.45) is 7.81. The molecule has 1 N–H and O–H groups in total. The van der Waals surface area contributed by atoms with Crippen LogP contribution in [0.25, 0.3) is 0 Å². The molecule has 0 unspecified atom stereocenters. The zero-order chi connectivity index (χ0) is 13.5. The highest BCUT2D eigenvalue weighted by Gasteiger charge is 2.30. The molecule has 1 aliphatic heterocycles. The minimum Gasteiger partial charge on any atom is -0.394 e. The van der Waals surface area contributed by atoms with E-state index in [4.69, 9.17) is 0 Å². The minimum absolute atomic E-state index is 0.190. The fourth-order valence-electron chi connectivity index (χ4n) is 3.29. The number of likely N-dealkylation sites (tertiary alicyclic amines) is 1. The molecule has 1 aromatic rings. The highest BCUT2D eigenvalue weighted by Crippen LogP contribution is 2.31. The summed E-state index contributed by atoms with van der Waals surface area (Å²) in [5, 5.41) is 9.79. The third-order valence-electron chi connectivity index (χ3n) is 4.32. The van der Waals surface area contributed by atoms with Crippen LogP contribution in [0, 0.1) is 0 Å². The highest BCUT2D eigenvalue weighted by atomic mass is 16.3. The van der Waals surface area contributed by atoms with Crippen LogP contribution in [0.5, 0.6) is 0 Å². The molecule has 2 nitrogen and oxygen atoms in total. The predicted molar refractivity (Wildman–Crippen MR) is 80.1 cm³/mol. The third kappa shape index (κ3) is 3.80. The normalized spacial score (nSPS) is 21.7. The molecule has 0 aliphatic carbocycles. The van der Waals surface area contributed by atoms with E-state index in [2.05, 4.69) is 36.1 Å². The van der Waals surface area contributed by atoms with Crippen molar-refractivity contribution >= 4 is 0 Å². The lowest BCUT2D eigenvalue weighted by Gasteiger charge is -2.32. The van der Waals surface area contributed by atoms with E-state index in [1.165, 1.54) is 44.1 Å². The van der Waals surface area contributed by atoms with Crippen LogP contribution in [-0.2, 0) is 0 Å². The van der Waals surface area contributed by atoms with Gasteiger partial charge in [-0.2, -0.15) is 0 Å². The van der Waals surface area contributed by atoms with Crippen molar-refractivity contribution in [2.45, 2.75) is 57.5 Å². The molecule has 2 rings (SSSR count). The standard InChI is InChI=1S/C17H27NO/c1-2-3-5-11-16-12-8-13-18(16)17(14-19)15-9-6-4-7-10-15/h4,6-7,9-10,16-17,19H,2-3,5,8,11-14H2,1H3/t16-,17+/m1/s1. The number of rotatable bonds is 7. The minimum atomic E-state index is 0.190. The van der Waals surface area contributed by atoms with Crippen LogP contribution in [0.15, 0.2) is 30.3 Å². The van der Waals surface area contributed by atoms with Gasteiger partial charge in [0, 0.05) is 6.04 Å². The number of benzene rings is 1. The summed E-state index contributed by atoms with van der Waals surface area (Å²) in [5.41, 5.74) is 1.26. The summed E-state index contributed by atoms with van der Waals surface area (Å²) in [4.78, 5) is 2.53. The Kier molecular flexibility index (Phi) is 5.87. The first kappa shape index (κ1) is 14.5. The van der Waals surface area contributed by atoms with Gasteiger partial charge in [0.15, 0.2) is 0 Å². The largest absolute Gasteiger partial charge is 0.394 e. The molecule has 0 spiro atoms. The van der Waals surface area contributed by atoms with Crippen molar-refractivity contribution in [3.8, 4) is 0 Å². The lowest BCUT2D eigenvalue weighted by Crippen LogP contribution is -2.35. The molecule has 0 bridgehead atoms. The average molecular weight is 261 g/mol. The molecular weight excluding hydrogens is 234 g/mol. The SMILES string of the molecule is CCCCC[C@@H]1CCCN1[C@@H](CO)c1ccccc1. The first-order valence-corrected chi connectivity index (χ1v) is 7.78. The first-order valence-electron chi connectivity index (χ1n) is 7.78. The predicted octanol–water partition coefficient (Wildman–Crippen LogP) is 3.76. The topological polar surface area (TPSA) is 23.5 Å². The summed E-state index contributed by atoms with van der Waals surface area (Å²) in [6, 6.07) is 11.3. The first-order chi connectivity index (χ1) is 9.36. The summed E-state index contributed by atoms with van der Waals surface area (Å²) in [5.74, 6) is 0. The van der Waals surface area contributed by atoms with Crippen molar-refractivity contribution in [1.82, 2.24) is 4.90 Å². The molecule has 2 heteroatoms. The van der Waals surface area contributed by atoms with Gasteiger partial charge in [0.1, 0.15) is 0 Å². The average Bonchev–Trinajstić information content (AvgIpc) is 2.90. The van der Waals surface area contributed by atoms with E-state index in [1.807, 2.05) is 6.07 Å². The van der Waals surface area contributed by atoms with Crippen molar-refractivity contribution in [2.75, 3.05) is 13.2 Å². The summed E-state index contributed by atoms with van der Waals surface area (Å²) >= 11 is 0. The second kappa shape index (κ2) is 7.66. The number of aliphatic hydroxyl groups excluding tert-OH is 1. The number of aliphatic hydroxyl groups is 1. The summed E-state index contributed by atoms with van der Waals surface area (Å²) in [6.45, 7) is 3.62. The fraction of sp³-hybridized carbons (Fsp3) is 0.647. The molecule has 0 aromatic heterocycles. The van der Waals surface area contributed by atoms with Crippen LogP contribution in [-0.4, -0.2) is 29.2 Å². The van der Waals surface area contributed by atoms with Gasteiger partial charge in [0.25, 0.3) is 0 Å². The fourth-order valence-corrected chi connectivity index (χ4v) is 3.29. The Balaban J connectivity index is 2.00. The maximum Gasteiger partial charge on any atom is 0.0628 e. The molecule has 0 amide bonds. The highest BCUT2D eigenvalue weighted by molar-refractivity contribution is 5.19. The van der Waals surface area contributed by atoms with Crippen molar-refractivity contribution in [2.24, 2.45) is 0 Å². The lowest BCUT2D eigenvalue weighted by atomic mass is 10.0. The molecule has 106 valence electrons. The Hall–Kier alpha value is -0.860. The van der Waals surface area contributed by atoms with E-state index >= 15 is 0 Å². The van der Waals surface area contributed by atoms with Crippen molar-refractivity contribution in [3.63, 3.8) is 0 Å². The van der Waals surface area contributed by atoms with Gasteiger partial charge in [0.2, 0.25) is 0 Å². The second-order valence-corrected chi connectivity index (χ2v) is 5.64. The molecule has 0 saturated carbocycles. The number of unbranched alkanes of at least 4 members (excludes halogenated alkanes) is 2. The molecule has 1 aromatic carbocycles. The molecule has 1 heterocycles. The van der Waals surface area contributed by atoms with Gasteiger partial charge in [0.05, 0.1) is 12.6 Å². The quantitative estimate of drug-likeness (QED) is 0.755. The third-order valence-corrected chi connectivity index (χ3v) is 4.32. The summed E-state index contributed by atoms with van der Waals surface area (Å²) in [7, 11) is 0. The molecule has 1 aliphatic rings. The number of nitrogens with zero attached hydrogens (tertiary/aromatic N) is 1. The number of hydrogen-bond donors (Lipinski definition) is 1.